The molecule has 2 amide bonds. The molecule has 1 aliphatic carbocycles. The van der Waals surface area contributed by atoms with Gasteiger partial charge in [0.05, 0.1) is 10.7 Å². The number of nitrogens with one attached hydrogen (secondary N) is 1. The van der Waals surface area contributed by atoms with E-state index in [1.54, 1.807) is 30.0 Å². The minimum Gasteiger partial charge on any atom is -0.323 e. The first-order chi connectivity index (χ1) is 17.0. The van der Waals surface area contributed by atoms with Crippen LogP contribution in [0.5, 0.6) is 0 Å². The van der Waals surface area contributed by atoms with Gasteiger partial charge in [0.25, 0.3) is 5.69 Å². The Morgan fingerprint density at radius 2 is 1.77 bits per heavy atom. The molecule has 0 bridgehead atoms. The van der Waals surface area contributed by atoms with Gasteiger partial charge in [-0.15, -0.1) is 11.8 Å². The fraction of sp³-hybridized carbons (Fsp3) is 0.185. The molecule has 1 saturated heterocycles. The van der Waals surface area contributed by atoms with E-state index in [4.69, 9.17) is 0 Å². The molecule has 176 valence electrons. The van der Waals surface area contributed by atoms with Crippen LogP contribution in [-0.4, -0.2) is 22.5 Å². The lowest BCUT2D eigenvalue weighted by molar-refractivity contribution is -0.384. The predicted molar refractivity (Wildman–Crippen MR) is 138 cm³/mol. The van der Waals surface area contributed by atoms with Crippen molar-refractivity contribution in [3.63, 3.8) is 0 Å². The van der Waals surface area contributed by atoms with Gasteiger partial charge in [-0.25, -0.2) is 0 Å². The molecule has 0 radical (unpaired) electrons. The first-order valence-electron chi connectivity index (χ1n) is 11.4. The van der Waals surface area contributed by atoms with Crippen LogP contribution in [0.15, 0.2) is 72.8 Å². The summed E-state index contributed by atoms with van der Waals surface area (Å²) in [6.07, 6.45) is 6.33. The topological polar surface area (TPSA) is 92.5 Å². The number of benzene rings is 3. The molecule has 1 aliphatic heterocycles. The normalized spacial score (nSPS) is 17.1. The lowest BCUT2D eigenvalue weighted by Gasteiger charge is -2.25. The van der Waals surface area contributed by atoms with Crippen molar-refractivity contribution in [1.82, 2.24) is 0 Å². The minimum absolute atomic E-state index is 0.00329. The van der Waals surface area contributed by atoms with Gasteiger partial charge in [-0.1, -0.05) is 18.2 Å². The molecule has 1 N–H and O–H groups in total. The van der Waals surface area contributed by atoms with Gasteiger partial charge in [0.1, 0.15) is 5.37 Å². The molecule has 1 heterocycles. The van der Waals surface area contributed by atoms with E-state index in [9.17, 15) is 19.7 Å². The maximum absolute atomic E-state index is 12.7. The van der Waals surface area contributed by atoms with E-state index < -0.39 is 4.92 Å². The number of carbonyl (C=O) groups excluding carboxylic acids is 2. The monoisotopic (exact) mass is 485 g/mol. The molecule has 0 spiro atoms. The van der Waals surface area contributed by atoms with Gasteiger partial charge in [-0.3, -0.25) is 24.6 Å². The molecule has 7 nitrogen and oxygen atoms in total. The predicted octanol–water partition coefficient (Wildman–Crippen LogP) is 5.51. The molecule has 8 heteroatoms. The van der Waals surface area contributed by atoms with Crippen molar-refractivity contribution < 1.29 is 14.5 Å². The van der Waals surface area contributed by atoms with Crippen molar-refractivity contribution in [2.24, 2.45) is 0 Å². The highest BCUT2D eigenvalue weighted by Gasteiger charge is 2.34. The van der Waals surface area contributed by atoms with E-state index in [-0.39, 0.29) is 22.9 Å². The third-order valence-corrected chi connectivity index (χ3v) is 7.43. The van der Waals surface area contributed by atoms with Gasteiger partial charge in [0, 0.05) is 29.6 Å². The summed E-state index contributed by atoms with van der Waals surface area (Å²) in [5.74, 6) is 0.237. The van der Waals surface area contributed by atoms with Crippen molar-refractivity contribution in [2.45, 2.75) is 24.6 Å². The molecule has 35 heavy (non-hydrogen) atoms. The second kappa shape index (κ2) is 9.76. The summed E-state index contributed by atoms with van der Waals surface area (Å²) in [6.45, 7) is 0. The summed E-state index contributed by atoms with van der Waals surface area (Å²) in [5, 5.41) is 13.5. The summed E-state index contributed by atoms with van der Waals surface area (Å²) >= 11 is 1.60. The number of thioether (sulfide) groups is 1. The van der Waals surface area contributed by atoms with E-state index in [0.29, 0.717) is 17.0 Å². The molecular formula is C27H23N3O4S. The Labute approximate surface area is 207 Å². The first kappa shape index (κ1) is 22.9. The van der Waals surface area contributed by atoms with Gasteiger partial charge < -0.3 is 5.32 Å². The SMILES string of the molecule is O=C(/C=C/c1ccc([N+](=O)[O-])cc1)Nc1ccc(C2SCC(=O)N2c2ccc3c(c2)CCC3)cc1. The molecule has 1 unspecified atom stereocenters. The number of anilines is 2. The third-order valence-electron chi connectivity index (χ3n) is 6.22. The molecule has 3 aromatic carbocycles. The van der Waals surface area contributed by atoms with E-state index >= 15 is 0 Å². The van der Waals surface area contributed by atoms with Crippen LogP contribution in [-0.2, 0) is 22.4 Å². The number of hydrogen-bond donors (Lipinski definition) is 1. The van der Waals surface area contributed by atoms with Crippen LogP contribution < -0.4 is 10.2 Å². The number of aryl methyl sites for hydroxylation is 2. The van der Waals surface area contributed by atoms with Crippen LogP contribution >= 0.6 is 11.8 Å². The fourth-order valence-electron chi connectivity index (χ4n) is 4.45. The molecule has 0 saturated carbocycles. The number of amides is 2. The number of fused-ring (bicyclic) bond motifs is 1. The Balaban J connectivity index is 1.25. The van der Waals surface area contributed by atoms with Crippen molar-refractivity contribution >= 4 is 46.7 Å². The number of nitrogens with zero attached hydrogens (tertiary/aromatic N) is 2. The Kier molecular flexibility index (Phi) is 6.37. The number of rotatable bonds is 6. The summed E-state index contributed by atoms with van der Waals surface area (Å²) in [7, 11) is 0. The van der Waals surface area contributed by atoms with Gasteiger partial charge in [-0.2, -0.15) is 0 Å². The van der Waals surface area contributed by atoms with Crippen LogP contribution in [0.25, 0.3) is 6.08 Å². The lowest BCUT2D eigenvalue weighted by Crippen LogP contribution is -2.27. The standard InChI is InChI=1S/C27H23N3O4S/c31-25(15-6-18-4-12-23(13-5-18)30(33)34)28-22-10-7-20(8-11-22)27-29(26(32)17-35-27)24-14-9-19-2-1-3-21(19)16-24/h4-16,27H,1-3,17H2,(H,28,31)/b15-6+. The molecule has 3 aromatic rings. The number of non-ortho nitro benzene ring substituents is 1. The van der Waals surface area contributed by atoms with Crippen molar-refractivity contribution in [2.75, 3.05) is 16.0 Å². The highest BCUT2D eigenvalue weighted by molar-refractivity contribution is 8.00. The maximum Gasteiger partial charge on any atom is 0.269 e. The summed E-state index contributed by atoms with van der Waals surface area (Å²) in [5.41, 5.74) is 6.00. The highest BCUT2D eigenvalue weighted by atomic mass is 32.2. The lowest BCUT2D eigenvalue weighted by atomic mass is 10.1. The minimum atomic E-state index is -0.463. The zero-order valence-corrected chi connectivity index (χ0v) is 19.7. The van der Waals surface area contributed by atoms with Gasteiger partial charge in [-0.05, 0) is 84.0 Å². The van der Waals surface area contributed by atoms with Crippen LogP contribution in [0, 0.1) is 10.1 Å². The van der Waals surface area contributed by atoms with Gasteiger partial charge in [0.2, 0.25) is 11.8 Å². The van der Waals surface area contributed by atoms with Crippen LogP contribution in [0.2, 0.25) is 0 Å². The van der Waals surface area contributed by atoms with Gasteiger partial charge >= 0.3 is 0 Å². The van der Waals surface area contributed by atoms with E-state index in [1.807, 2.05) is 35.2 Å². The smallest absolute Gasteiger partial charge is 0.269 e. The Morgan fingerprint density at radius 3 is 2.51 bits per heavy atom. The number of carbonyl (C=O) groups is 2. The fourth-order valence-corrected chi connectivity index (χ4v) is 5.63. The molecular weight excluding hydrogens is 462 g/mol. The zero-order chi connectivity index (χ0) is 24.4. The second-order valence-corrected chi connectivity index (χ2v) is 9.60. The molecule has 0 aromatic heterocycles. The van der Waals surface area contributed by atoms with Crippen molar-refractivity contribution in [3.8, 4) is 0 Å². The van der Waals surface area contributed by atoms with Crippen molar-refractivity contribution in [1.29, 1.82) is 0 Å². The quantitative estimate of drug-likeness (QED) is 0.282. The maximum atomic E-state index is 12.7. The van der Waals surface area contributed by atoms with E-state index in [1.165, 1.54) is 35.8 Å². The van der Waals surface area contributed by atoms with Crippen LogP contribution in [0.3, 0.4) is 0 Å². The van der Waals surface area contributed by atoms with Crippen LogP contribution in [0.4, 0.5) is 17.1 Å². The average Bonchev–Trinajstić information content (AvgIpc) is 3.49. The number of hydrogen-bond acceptors (Lipinski definition) is 5. The van der Waals surface area contributed by atoms with Crippen LogP contribution in [0.1, 0.15) is 34.0 Å². The molecule has 2 aliphatic rings. The summed E-state index contributed by atoms with van der Waals surface area (Å²) in [6, 6.07) is 19.9. The number of nitro groups is 1. The largest absolute Gasteiger partial charge is 0.323 e. The molecule has 1 atom stereocenters. The van der Waals surface area contributed by atoms with E-state index in [2.05, 4.69) is 17.4 Å². The summed E-state index contributed by atoms with van der Waals surface area (Å²) < 4.78 is 0. The number of nitro benzene ring substituents is 1. The first-order valence-corrected chi connectivity index (χ1v) is 12.4. The summed E-state index contributed by atoms with van der Waals surface area (Å²) in [4.78, 5) is 37.2. The zero-order valence-electron chi connectivity index (χ0n) is 18.8. The molecule has 5 rings (SSSR count). The Bertz CT molecular complexity index is 1320. The Morgan fingerprint density at radius 1 is 1.03 bits per heavy atom. The van der Waals surface area contributed by atoms with Crippen molar-refractivity contribution in [3.05, 3.63) is 105 Å². The van der Waals surface area contributed by atoms with E-state index in [0.717, 1.165) is 24.1 Å². The highest BCUT2D eigenvalue weighted by Crippen LogP contribution is 2.43. The Hall–Kier alpha value is -3.91. The van der Waals surface area contributed by atoms with Gasteiger partial charge in [0.15, 0.2) is 0 Å². The second-order valence-electron chi connectivity index (χ2n) is 8.53. The average molecular weight is 486 g/mol. The third kappa shape index (κ3) is 4.97. The molecule has 1 fully saturated rings.